The molecular formula is C25H26ClNO3. The van der Waals surface area contributed by atoms with Crippen molar-refractivity contribution in [3.63, 3.8) is 0 Å². The molecule has 2 N–H and O–H groups in total. The van der Waals surface area contributed by atoms with E-state index in [9.17, 15) is 9.90 Å². The molecule has 0 aliphatic heterocycles. The average Bonchev–Trinajstić information content (AvgIpc) is 2.74. The van der Waals surface area contributed by atoms with Gasteiger partial charge in [-0.2, -0.15) is 0 Å². The van der Waals surface area contributed by atoms with Gasteiger partial charge in [-0.25, -0.2) is 0 Å². The Morgan fingerprint density at radius 3 is 2.07 bits per heavy atom. The lowest BCUT2D eigenvalue weighted by molar-refractivity contribution is -0.135. The maximum absolute atomic E-state index is 12.7. The van der Waals surface area contributed by atoms with Crippen LogP contribution in [0.3, 0.4) is 0 Å². The first kappa shape index (κ1) is 21.9. The summed E-state index contributed by atoms with van der Waals surface area (Å²) in [4.78, 5) is 12.7. The summed E-state index contributed by atoms with van der Waals surface area (Å²) in [6.07, 6.45) is 0. The number of hydrogen-bond acceptors (Lipinski definition) is 3. The van der Waals surface area contributed by atoms with Gasteiger partial charge in [-0.3, -0.25) is 4.79 Å². The fraction of sp³-hybridized carbons (Fsp3) is 0.240. The predicted molar refractivity (Wildman–Crippen MR) is 121 cm³/mol. The van der Waals surface area contributed by atoms with Crippen molar-refractivity contribution >= 4 is 17.5 Å². The van der Waals surface area contributed by atoms with Crippen molar-refractivity contribution in [2.45, 2.75) is 32.0 Å². The van der Waals surface area contributed by atoms with E-state index in [1.54, 1.807) is 45.0 Å². The molecule has 0 aliphatic carbocycles. The van der Waals surface area contributed by atoms with Gasteiger partial charge in [0.2, 0.25) is 0 Å². The first-order valence-electron chi connectivity index (χ1n) is 9.79. The highest BCUT2D eigenvalue weighted by atomic mass is 35.5. The van der Waals surface area contributed by atoms with E-state index in [1.165, 1.54) is 0 Å². The molecule has 5 heteroatoms. The van der Waals surface area contributed by atoms with Crippen LogP contribution in [-0.4, -0.2) is 23.2 Å². The normalized spacial score (nSPS) is 13.4. The second-order valence-electron chi connectivity index (χ2n) is 7.97. The summed E-state index contributed by atoms with van der Waals surface area (Å²) in [6, 6.07) is 24.5. The molecule has 0 spiro atoms. The van der Waals surface area contributed by atoms with Crippen LogP contribution >= 0.6 is 11.6 Å². The lowest BCUT2D eigenvalue weighted by atomic mass is 9.93. The Morgan fingerprint density at radius 1 is 0.900 bits per heavy atom. The second kappa shape index (κ2) is 8.90. The Morgan fingerprint density at radius 2 is 1.47 bits per heavy atom. The van der Waals surface area contributed by atoms with E-state index in [1.807, 2.05) is 54.6 Å². The van der Waals surface area contributed by atoms with Crippen molar-refractivity contribution in [1.29, 1.82) is 0 Å². The molecule has 0 fully saturated rings. The van der Waals surface area contributed by atoms with Crippen LogP contribution in [0.4, 0.5) is 0 Å². The molecule has 0 aromatic heterocycles. The van der Waals surface area contributed by atoms with Gasteiger partial charge in [0.25, 0.3) is 5.91 Å². The first-order chi connectivity index (χ1) is 14.2. The lowest BCUT2D eigenvalue weighted by Crippen LogP contribution is -2.50. The highest BCUT2D eigenvalue weighted by Gasteiger charge is 2.32. The van der Waals surface area contributed by atoms with Crippen LogP contribution in [-0.2, 0) is 10.4 Å². The summed E-state index contributed by atoms with van der Waals surface area (Å²) >= 11 is 5.89. The molecule has 1 unspecified atom stereocenters. The Hall–Kier alpha value is -2.82. The number of amides is 1. The quantitative estimate of drug-likeness (QED) is 0.550. The number of halogens is 1. The lowest BCUT2D eigenvalue weighted by Gasteiger charge is -2.29. The number of carbonyl (C=O) groups excluding carboxylic acids is 1. The van der Waals surface area contributed by atoms with E-state index in [2.05, 4.69) is 5.32 Å². The molecule has 3 aromatic rings. The molecule has 1 amide bonds. The van der Waals surface area contributed by atoms with E-state index in [-0.39, 0.29) is 12.5 Å². The minimum atomic E-state index is -1.22. The van der Waals surface area contributed by atoms with Crippen molar-refractivity contribution in [2.75, 3.05) is 6.54 Å². The average molecular weight is 424 g/mol. The largest absolute Gasteiger partial charge is 0.478 e. The number of nitrogens with one attached hydrogen (secondary N) is 1. The highest BCUT2D eigenvalue weighted by molar-refractivity contribution is 6.30. The Bertz CT molecular complexity index is 981. The van der Waals surface area contributed by atoms with Crippen LogP contribution in [0.1, 0.15) is 26.3 Å². The molecule has 0 bridgehead atoms. The Labute approximate surface area is 182 Å². The van der Waals surface area contributed by atoms with Crippen molar-refractivity contribution in [3.05, 3.63) is 89.4 Å². The van der Waals surface area contributed by atoms with E-state index >= 15 is 0 Å². The van der Waals surface area contributed by atoms with Crippen molar-refractivity contribution in [3.8, 4) is 16.9 Å². The molecule has 1 atom stereocenters. The zero-order valence-electron chi connectivity index (χ0n) is 17.4. The molecule has 3 aromatic carbocycles. The Kier molecular flexibility index (Phi) is 6.49. The number of hydrogen-bond donors (Lipinski definition) is 2. The van der Waals surface area contributed by atoms with Gasteiger partial charge in [0, 0.05) is 5.02 Å². The number of aliphatic hydroxyl groups is 1. The number of carbonyl (C=O) groups is 1. The van der Waals surface area contributed by atoms with Gasteiger partial charge in [-0.15, -0.1) is 0 Å². The molecule has 0 aliphatic rings. The van der Waals surface area contributed by atoms with E-state index in [4.69, 9.17) is 16.3 Å². The van der Waals surface area contributed by atoms with Gasteiger partial charge >= 0.3 is 0 Å². The minimum absolute atomic E-state index is 0.0594. The maximum atomic E-state index is 12.7. The van der Waals surface area contributed by atoms with Gasteiger partial charge in [-0.1, -0.05) is 66.2 Å². The first-order valence-corrected chi connectivity index (χ1v) is 10.2. The monoisotopic (exact) mass is 423 g/mol. The third kappa shape index (κ3) is 5.41. The van der Waals surface area contributed by atoms with Crippen LogP contribution in [0, 0.1) is 0 Å². The standard InChI is InChI=1S/C25H26ClNO3/c1-24(2,30-22-15-13-21(26)14-16-22)23(28)27-17-25(3,29)20-11-9-19(10-12-20)18-7-5-4-6-8-18/h4-16,29H,17H2,1-3H3,(H,27,28). The predicted octanol–water partition coefficient (Wildman–Crippen LogP) is 5.19. The zero-order chi connectivity index (χ0) is 21.8. The highest BCUT2D eigenvalue weighted by Crippen LogP contribution is 2.25. The molecule has 0 saturated carbocycles. The number of rotatable bonds is 7. The van der Waals surface area contributed by atoms with Crippen LogP contribution in [0.25, 0.3) is 11.1 Å². The summed E-state index contributed by atoms with van der Waals surface area (Å²) < 4.78 is 5.80. The number of benzene rings is 3. The van der Waals surface area contributed by atoms with Crippen LogP contribution in [0.15, 0.2) is 78.9 Å². The van der Waals surface area contributed by atoms with E-state index < -0.39 is 11.2 Å². The van der Waals surface area contributed by atoms with Crippen LogP contribution in [0.5, 0.6) is 5.75 Å². The van der Waals surface area contributed by atoms with Gasteiger partial charge in [0.1, 0.15) is 11.4 Å². The van der Waals surface area contributed by atoms with E-state index in [0.29, 0.717) is 10.8 Å². The summed E-state index contributed by atoms with van der Waals surface area (Å²) in [5.41, 5.74) is 0.566. The van der Waals surface area contributed by atoms with Gasteiger partial charge in [0.15, 0.2) is 5.60 Å². The maximum Gasteiger partial charge on any atom is 0.263 e. The summed E-state index contributed by atoms with van der Waals surface area (Å²) in [7, 11) is 0. The molecular weight excluding hydrogens is 398 g/mol. The third-order valence-electron chi connectivity index (χ3n) is 4.94. The number of ether oxygens (including phenoxy) is 1. The fourth-order valence-corrected chi connectivity index (χ4v) is 3.19. The molecule has 0 heterocycles. The minimum Gasteiger partial charge on any atom is -0.478 e. The molecule has 156 valence electrons. The summed E-state index contributed by atoms with van der Waals surface area (Å²) in [5, 5.41) is 14.3. The molecule has 0 saturated heterocycles. The summed E-state index contributed by atoms with van der Waals surface area (Å²) in [6.45, 7) is 5.10. The third-order valence-corrected chi connectivity index (χ3v) is 5.19. The fourth-order valence-electron chi connectivity index (χ4n) is 3.06. The van der Waals surface area contributed by atoms with Crippen LogP contribution < -0.4 is 10.1 Å². The van der Waals surface area contributed by atoms with Gasteiger partial charge in [-0.05, 0) is 61.7 Å². The smallest absolute Gasteiger partial charge is 0.263 e. The molecule has 4 nitrogen and oxygen atoms in total. The molecule has 3 rings (SSSR count). The van der Waals surface area contributed by atoms with Crippen molar-refractivity contribution in [1.82, 2.24) is 5.32 Å². The topological polar surface area (TPSA) is 58.6 Å². The van der Waals surface area contributed by atoms with E-state index in [0.717, 1.165) is 16.7 Å². The van der Waals surface area contributed by atoms with Crippen LogP contribution in [0.2, 0.25) is 5.02 Å². The zero-order valence-corrected chi connectivity index (χ0v) is 18.1. The van der Waals surface area contributed by atoms with Crippen molar-refractivity contribution in [2.24, 2.45) is 0 Å². The van der Waals surface area contributed by atoms with Gasteiger partial charge in [0.05, 0.1) is 6.54 Å². The molecule has 0 radical (unpaired) electrons. The Balaban J connectivity index is 1.63. The molecule has 30 heavy (non-hydrogen) atoms. The van der Waals surface area contributed by atoms with Crippen molar-refractivity contribution < 1.29 is 14.6 Å². The SMILES string of the molecule is CC(C)(Oc1ccc(Cl)cc1)C(=O)NCC(C)(O)c1ccc(-c2ccccc2)cc1. The van der Waals surface area contributed by atoms with Gasteiger partial charge < -0.3 is 15.2 Å². The summed E-state index contributed by atoms with van der Waals surface area (Å²) in [5.74, 6) is 0.224. The second-order valence-corrected chi connectivity index (χ2v) is 8.40.